The second kappa shape index (κ2) is 7.04. The Bertz CT molecular complexity index is 734. The van der Waals surface area contributed by atoms with E-state index in [1.165, 1.54) is 19.2 Å². The molecule has 2 fully saturated rings. The van der Waals surface area contributed by atoms with Crippen LogP contribution in [-0.4, -0.2) is 52.2 Å². The second-order valence-corrected chi connectivity index (χ2v) is 7.20. The van der Waals surface area contributed by atoms with Crippen molar-refractivity contribution in [2.75, 3.05) is 31.1 Å². The zero-order chi connectivity index (χ0) is 17.2. The summed E-state index contributed by atoms with van der Waals surface area (Å²) >= 11 is 6.45. The second-order valence-electron chi connectivity index (χ2n) is 6.80. The molecule has 2 aliphatic rings. The summed E-state index contributed by atoms with van der Waals surface area (Å²) in [4.78, 5) is 21.2. The molecule has 0 saturated carbocycles. The van der Waals surface area contributed by atoms with Crippen molar-refractivity contribution in [1.29, 1.82) is 0 Å². The van der Waals surface area contributed by atoms with Crippen LogP contribution < -0.4 is 4.90 Å². The number of carbonyl (C=O) groups excluding carboxylic acids is 1. The van der Waals surface area contributed by atoms with Crippen molar-refractivity contribution in [2.45, 2.75) is 31.6 Å². The smallest absolute Gasteiger partial charge is 0.253 e. The molecule has 0 atom stereocenters. The van der Waals surface area contributed by atoms with Gasteiger partial charge in [-0.3, -0.25) is 9.89 Å². The molecule has 2 aromatic rings. The predicted octanol–water partition coefficient (Wildman–Crippen LogP) is 3.08. The highest BCUT2D eigenvalue weighted by Crippen LogP contribution is 2.31. The monoisotopic (exact) mass is 359 g/mol. The average molecular weight is 360 g/mol. The number of rotatable bonds is 3. The fraction of sp³-hybridized carbons (Fsp3) is 0.500. The van der Waals surface area contributed by atoms with Crippen molar-refractivity contribution in [3.63, 3.8) is 0 Å². The highest BCUT2D eigenvalue weighted by Gasteiger charge is 2.26. The third-order valence-electron chi connectivity index (χ3n) is 5.24. The number of amides is 1. The molecule has 0 unspecified atom stereocenters. The molecular weight excluding hydrogens is 338 g/mol. The summed E-state index contributed by atoms with van der Waals surface area (Å²) in [6.45, 7) is 3.55. The molecule has 6 nitrogen and oxygen atoms in total. The molecule has 0 spiro atoms. The molecular formula is C18H22ClN5O. The summed E-state index contributed by atoms with van der Waals surface area (Å²) in [5.74, 6) is 1.34. The number of anilines is 1. The highest BCUT2D eigenvalue weighted by molar-refractivity contribution is 6.33. The Balaban J connectivity index is 1.42. The van der Waals surface area contributed by atoms with Crippen molar-refractivity contribution < 1.29 is 4.79 Å². The molecule has 7 heteroatoms. The van der Waals surface area contributed by atoms with Gasteiger partial charge in [-0.25, -0.2) is 4.98 Å². The third-order valence-corrected chi connectivity index (χ3v) is 5.55. The first-order valence-electron chi connectivity index (χ1n) is 8.91. The van der Waals surface area contributed by atoms with E-state index < -0.39 is 0 Å². The van der Waals surface area contributed by atoms with Gasteiger partial charge in [0.2, 0.25) is 0 Å². The maximum atomic E-state index is 12.8. The van der Waals surface area contributed by atoms with Crippen LogP contribution in [0.3, 0.4) is 0 Å². The largest absolute Gasteiger partial charge is 0.370 e. The van der Waals surface area contributed by atoms with Gasteiger partial charge in [0.25, 0.3) is 5.91 Å². The SMILES string of the molecule is O=C(c1ccc(N2CCCC2)c(Cl)c1)N1CCC(c2ncn[nH]2)CC1. The van der Waals surface area contributed by atoms with Crippen LogP contribution in [0.1, 0.15) is 47.8 Å². The van der Waals surface area contributed by atoms with E-state index in [0.29, 0.717) is 16.5 Å². The lowest BCUT2D eigenvalue weighted by molar-refractivity contribution is 0.0711. The van der Waals surface area contributed by atoms with Crippen LogP contribution in [0.2, 0.25) is 5.02 Å². The van der Waals surface area contributed by atoms with Gasteiger partial charge in [-0.1, -0.05) is 11.6 Å². The van der Waals surface area contributed by atoms with Gasteiger partial charge in [0.15, 0.2) is 0 Å². The summed E-state index contributed by atoms with van der Waals surface area (Å²) in [5.41, 5.74) is 1.71. The molecule has 3 heterocycles. The Morgan fingerprint density at radius 2 is 1.92 bits per heavy atom. The lowest BCUT2D eigenvalue weighted by atomic mass is 9.95. The molecule has 0 aliphatic carbocycles. The third kappa shape index (κ3) is 3.35. The highest BCUT2D eigenvalue weighted by atomic mass is 35.5. The topological polar surface area (TPSA) is 65.1 Å². The molecule has 132 valence electrons. The van der Waals surface area contributed by atoms with E-state index in [1.54, 1.807) is 0 Å². The number of halogens is 1. The standard InChI is InChI=1S/C18H22ClN5O/c19-15-11-14(3-4-16(15)23-7-1-2-8-23)18(25)24-9-5-13(6-10-24)17-20-12-21-22-17/h3-4,11-13H,1-2,5-10H2,(H,20,21,22). The Labute approximate surface area is 152 Å². The zero-order valence-corrected chi connectivity index (χ0v) is 14.9. The first kappa shape index (κ1) is 16.4. The number of benzene rings is 1. The van der Waals surface area contributed by atoms with Crippen LogP contribution >= 0.6 is 11.6 Å². The van der Waals surface area contributed by atoms with E-state index in [0.717, 1.165) is 50.5 Å². The summed E-state index contributed by atoms with van der Waals surface area (Å²) in [5, 5.41) is 7.52. The predicted molar refractivity (Wildman–Crippen MR) is 97.2 cm³/mol. The minimum Gasteiger partial charge on any atom is -0.370 e. The van der Waals surface area contributed by atoms with Crippen molar-refractivity contribution in [1.82, 2.24) is 20.1 Å². The van der Waals surface area contributed by atoms with Crippen molar-refractivity contribution in [2.24, 2.45) is 0 Å². The minimum atomic E-state index is 0.0610. The number of aromatic amines is 1. The summed E-state index contributed by atoms with van der Waals surface area (Å²) < 4.78 is 0. The lowest BCUT2D eigenvalue weighted by Crippen LogP contribution is -2.38. The number of H-pyrrole nitrogens is 1. The molecule has 4 rings (SSSR count). The number of piperidine rings is 1. The van der Waals surface area contributed by atoms with Gasteiger partial charge in [0, 0.05) is 37.7 Å². The van der Waals surface area contributed by atoms with E-state index in [4.69, 9.17) is 11.6 Å². The first-order valence-corrected chi connectivity index (χ1v) is 9.29. The zero-order valence-electron chi connectivity index (χ0n) is 14.1. The number of hydrogen-bond acceptors (Lipinski definition) is 4. The van der Waals surface area contributed by atoms with Crippen LogP contribution in [0.5, 0.6) is 0 Å². The number of nitrogens with one attached hydrogen (secondary N) is 1. The van der Waals surface area contributed by atoms with Gasteiger partial charge < -0.3 is 9.80 Å². The fourth-order valence-corrected chi connectivity index (χ4v) is 4.10. The molecule has 1 amide bonds. The van der Waals surface area contributed by atoms with Crippen molar-refractivity contribution >= 4 is 23.2 Å². The maximum Gasteiger partial charge on any atom is 0.253 e. The van der Waals surface area contributed by atoms with Gasteiger partial charge >= 0.3 is 0 Å². The van der Waals surface area contributed by atoms with E-state index >= 15 is 0 Å². The number of nitrogens with zero attached hydrogens (tertiary/aromatic N) is 4. The molecule has 0 bridgehead atoms. The number of likely N-dealkylation sites (tertiary alicyclic amines) is 1. The van der Waals surface area contributed by atoms with Crippen LogP contribution in [0, 0.1) is 0 Å². The Morgan fingerprint density at radius 1 is 1.16 bits per heavy atom. The number of hydrogen-bond donors (Lipinski definition) is 1. The number of carbonyl (C=O) groups is 1. The van der Waals surface area contributed by atoms with Gasteiger partial charge in [-0.2, -0.15) is 5.10 Å². The summed E-state index contributed by atoms with van der Waals surface area (Å²) in [6, 6.07) is 5.71. The molecule has 1 aromatic heterocycles. The van der Waals surface area contributed by atoms with Gasteiger partial charge in [-0.05, 0) is 43.9 Å². The molecule has 0 radical (unpaired) electrons. The minimum absolute atomic E-state index is 0.0610. The summed E-state index contributed by atoms with van der Waals surface area (Å²) in [6.07, 6.45) is 5.76. The first-order chi connectivity index (χ1) is 12.2. The van der Waals surface area contributed by atoms with Gasteiger partial charge in [0.1, 0.15) is 12.2 Å². The van der Waals surface area contributed by atoms with Gasteiger partial charge in [-0.15, -0.1) is 0 Å². The van der Waals surface area contributed by atoms with E-state index in [-0.39, 0.29) is 5.91 Å². The normalized spacial score (nSPS) is 18.8. The van der Waals surface area contributed by atoms with Crippen molar-refractivity contribution in [3.8, 4) is 0 Å². The van der Waals surface area contributed by atoms with Crippen LogP contribution in [0.15, 0.2) is 24.5 Å². The van der Waals surface area contributed by atoms with Crippen LogP contribution in [-0.2, 0) is 0 Å². The molecule has 25 heavy (non-hydrogen) atoms. The molecule has 1 aromatic carbocycles. The molecule has 1 N–H and O–H groups in total. The van der Waals surface area contributed by atoms with E-state index in [2.05, 4.69) is 20.1 Å². The quantitative estimate of drug-likeness (QED) is 0.914. The fourth-order valence-electron chi connectivity index (χ4n) is 3.80. The lowest BCUT2D eigenvalue weighted by Gasteiger charge is -2.31. The molecule has 2 saturated heterocycles. The van der Waals surface area contributed by atoms with Crippen molar-refractivity contribution in [3.05, 3.63) is 40.9 Å². The Morgan fingerprint density at radius 3 is 2.56 bits per heavy atom. The van der Waals surface area contributed by atoms with E-state index in [9.17, 15) is 4.79 Å². The van der Waals surface area contributed by atoms with Crippen LogP contribution in [0.25, 0.3) is 0 Å². The maximum absolute atomic E-state index is 12.8. The Kier molecular flexibility index (Phi) is 4.61. The summed E-state index contributed by atoms with van der Waals surface area (Å²) in [7, 11) is 0. The van der Waals surface area contributed by atoms with Crippen LogP contribution in [0.4, 0.5) is 5.69 Å². The number of aromatic nitrogens is 3. The van der Waals surface area contributed by atoms with Gasteiger partial charge in [0.05, 0.1) is 10.7 Å². The average Bonchev–Trinajstić information content (AvgIpc) is 3.35. The van der Waals surface area contributed by atoms with E-state index in [1.807, 2.05) is 23.1 Å². The molecule has 2 aliphatic heterocycles. The Hall–Kier alpha value is -2.08.